The first kappa shape index (κ1) is 19.5. The maximum Gasteiger partial charge on any atom is 0.550 e. The normalized spacial score (nSPS) is 12.2. The number of ether oxygens (including phenoxy) is 1. The minimum Gasteiger partial charge on any atom is -0.455 e. The fraction of sp³-hybridized carbons (Fsp3) is 0.250. The van der Waals surface area contributed by atoms with Crippen molar-refractivity contribution in [2.24, 2.45) is 0 Å². The van der Waals surface area contributed by atoms with Gasteiger partial charge in [-0.3, -0.25) is 0 Å². The van der Waals surface area contributed by atoms with Gasteiger partial charge in [0, 0.05) is 6.07 Å². The molecule has 4 nitrogen and oxygen atoms in total. The van der Waals surface area contributed by atoms with Crippen molar-refractivity contribution in [3.63, 3.8) is 0 Å². The van der Waals surface area contributed by atoms with Crippen LogP contribution in [-0.2, 0) is 21.7 Å². The van der Waals surface area contributed by atoms with Crippen molar-refractivity contribution < 1.29 is 27.0 Å². The van der Waals surface area contributed by atoms with Gasteiger partial charge < -0.3 is 10.5 Å². The molecule has 0 amide bonds. The number of nitrogen functional groups attached to an aromatic ring is 1. The lowest BCUT2D eigenvalue weighted by Crippen LogP contribution is -2.08. The highest BCUT2D eigenvalue weighted by Gasteiger charge is 2.31. The summed E-state index contributed by atoms with van der Waals surface area (Å²) in [6.45, 7) is 1.85. The van der Waals surface area contributed by atoms with Crippen molar-refractivity contribution in [2.75, 3.05) is 12.8 Å². The Bertz CT molecular complexity index is 812. The van der Waals surface area contributed by atoms with Gasteiger partial charge in [-0.2, -0.15) is 13.2 Å². The van der Waals surface area contributed by atoms with Crippen molar-refractivity contribution in [3.8, 4) is 11.5 Å². The van der Waals surface area contributed by atoms with Gasteiger partial charge in [0.2, 0.25) is 0 Å². The molecule has 0 bridgehead atoms. The van der Waals surface area contributed by atoms with Crippen LogP contribution in [0.15, 0.2) is 30.3 Å². The summed E-state index contributed by atoms with van der Waals surface area (Å²) in [6.07, 6.45) is -3.95. The number of hydrogen-bond acceptors (Lipinski definition) is 4. The molecule has 0 spiro atoms. The molecule has 0 aliphatic heterocycles. The van der Waals surface area contributed by atoms with Crippen molar-refractivity contribution in [1.29, 1.82) is 0 Å². The van der Waals surface area contributed by atoms with Crippen LogP contribution in [0.25, 0.3) is 0 Å². The summed E-state index contributed by atoms with van der Waals surface area (Å²) in [5, 5.41) is 0.0547. The highest BCUT2D eigenvalue weighted by molar-refractivity contribution is 7.48. The first-order chi connectivity index (χ1) is 11.7. The van der Waals surface area contributed by atoms with Gasteiger partial charge >= 0.3 is 14.2 Å². The van der Waals surface area contributed by atoms with Crippen molar-refractivity contribution >= 4 is 30.6 Å². The quantitative estimate of drug-likeness (QED) is 0.553. The topological polar surface area (TPSA) is 61.6 Å². The molecule has 1 unspecified atom stereocenters. The summed E-state index contributed by atoms with van der Waals surface area (Å²) >= 11 is 5.91. The van der Waals surface area contributed by atoms with E-state index in [1.807, 2.05) is 6.92 Å². The summed E-state index contributed by atoms with van der Waals surface area (Å²) in [7, 11) is -0.891. The molecule has 0 aliphatic carbocycles. The van der Waals surface area contributed by atoms with Crippen molar-refractivity contribution in [3.05, 3.63) is 46.5 Å². The lowest BCUT2D eigenvalue weighted by molar-refractivity contribution is -0.137. The van der Waals surface area contributed by atoms with Gasteiger partial charge in [0.1, 0.15) is 11.5 Å². The average molecular weight is 393 g/mol. The van der Waals surface area contributed by atoms with E-state index in [-0.39, 0.29) is 21.8 Å². The van der Waals surface area contributed by atoms with Gasteiger partial charge in [0.25, 0.3) is 5.30 Å². The Balaban J connectivity index is 2.44. The smallest absolute Gasteiger partial charge is 0.455 e. The molecule has 2 N–H and O–H groups in total. The molecule has 25 heavy (non-hydrogen) atoms. The minimum atomic E-state index is -4.50. The number of alkyl halides is 3. The minimum absolute atomic E-state index is 0.0488. The van der Waals surface area contributed by atoms with E-state index in [9.17, 15) is 17.7 Å². The van der Waals surface area contributed by atoms with E-state index in [0.717, 1.165) is 18.2 Å². The highest BCUT2D eigenvalue weighted by Crippen LogP contribution is 2.38. The Morgan fingerprint density at radius 1 is 1.20 bits per heavy atom. The molecule has 0 saturated carbocycles. The zero-order valence-corrected chi connectivity index (χ0v) is 15.0. The molecule has 0 saturated heterocycles. The van der Waals surface area contributed by atoms with E-state index in [1.165, 1.54) is 13.2 Å². The van der Waals surface area contributed by atoms with Crippen LogP contribution in [0.5, 0.6) is 11.5 Å². The van der Waals surface area contributed by atoms with E-state index in [1.54, 1.807) is 6.07 Å². The largest absolute Gasteiger partial charge is 0.550 e. The molecule has 9 heteroatoms. The molecule has 1 atom stereocenters. The zero-order chi connectivity index (χ0) is 18.8. The molecule has 2 aromatic rings. The van der Waals surface area contributed by atoms with E-state index in [2.05, 4.69) is 0 Å². The first-order valence-electron chi connectivity index (χ1n) is 7.15. The van der Waals surface area contributed by atoms with Gasteiger partial charge in [-0.05, 0) is 40.8 Å². The summed E-state index contributed by atoms with van der Waals surface area (Å²) in [6, 6.07) is 5.84. The summed E-state index contributed by atoms with van der Waals surface area (Å²) in [5.74, 6) is 0.349. The molecular weight excluding hydrogens is 378 g/mol. The molecule has 2 aromatic carbocycles. The van der Waals surface area contributed by atoms with Gasteiger partial charge in [0.15, 0.2) is 0 Å². The van der Waals surface area contributed by atoms with Crippen LogP contribution in [0.1, 0.15) is 18.1 Å². The summed E-state index contributed by atoms with van der Waals surface area (Å²) in [5.41, 5.74) is 5.96. The van der Waals surface area contributed by atoms with E-state index >= 15 is 0 Å². The lowest BCUT2D eigenvalue weighted by atomic mass is 10.1. The van der Waals surface area contributed by atoms with Crippen molar-refractivity contribution in [2.45, 2.75) is 19.5 Å². The Morgan fingerprint density at radius 2 is 1.88 bits per heavy atom. The number of hydrogen-bond donors (Lipinski definition) is 1. The second-order valence-electron chi connectivity index (χ2n) is 5.06. The highest BCUT2D eigenvalue weighted by atomic mass is 35.5. The average Bonchev–Trinajstić information content (AvgIpc) is 2.55. The number of benzene rings is 2. The SMILES string of the molecule is CCc1cc(N)c([P+](=O)OC)cc1Oc1ccc(C(F)(F)F)cc1Cl. The first-order valence-corrected chi connectivity index (χ1v) is 8.71. The molecule has 0 fully saturated rings. The molecular formula is C16H15ClF3NO3P+. The molecule has 0 aromatic heterocycles. The Hall–Kier alpha value is -1.82. The molecule has 134 valence electrons. The standard InChI is InChI=1S/C16H15ClF3NO3P/c1-3-9-6-12(21)15(25(22)23-2)8-14(9)24-13-5-4-10(7-11(13)17)16(18,19)20/h4-8H,3,21H2,1-2H3/q+1. The maximum atomic E-state index is 12.7. The second-order valence-corrected chi connectivity index (χ2v) is 6.83. The van der Waals surface area contributed by atoms with Crippen LogP contribution in [0.3, 0.4) is 0 Å². The number of aryl methyl sites for hydroxylation is 1. The lowest BCUT2D eigenvalue weighted by Gasteiger charge is -2.13. The van der Waals surface area contributed by atoms with Crippen LogP contribution < -0.4 is 15.8 Å². The van der Waals surface area contributed by atoms with Gasteiger partial charge in [-0.25, -0.2) is 0 Å². The number of nitrogens with two attached hydrogens (primary N) is 1. The van der Waals surface area contributed by atoms with E-state index in [4.69, 9.17) is 26.6 Å². The predicted octanol–water partition coefficient (Wildman–Crippen LogP) is 5.31. The molecule has 0 radical (unpaired) electrons. The third-order valence-corrected chi connectivity index (χ3v) is 4.84. The molecule has 0 aliphatic rings. The fourth-order valence-corrected chi connectivity index (χ4v) is 3.05. The molecule has 2 rings (SSSR count). The number of anilines is 1. The molecule has 0 heterocycles. The van der Waals surface area contributed by atoms with Crippen molar-refractivity contribution in [1.82, 2.24) is 0 Å². The third kappa shape index (κ3) is 4.42. The Labute approximate surface area is 148 Å². The predicted molar refractivity (Wildman–Crippen MR) is 91.0 cm³/mol. The number of rotatable bonds is 5. The van der Waals surface area contributed by atoms with Gasteiger partial charge in [0.05, 0.1) is 23.4 Å². The third-order valence-electron chi connectivity index (χ3n) is 3.43. The fourth-order valence-electron chi connectivity index (χ4n) is 2.14. The zero-order valence-electron chi connectivity index (χ0n) is 13.4. The second kappa shape index (κ2) is 7.60. The van der Waals surface area contributed by atoms with Gasteiger partial charge in [-0.15, -0.1) is 4.52 Å². The van der Waals surface area contributed by atoms with Crippen LogP contribution in [0.2, 0.25) is 5.02 Å². The Morgan fingerprint density at radius 3 is 2.40 bits per heavy atom. The Kier molecular flexibility index (Phi) is 5.93. The number of halogens is 4. The van der Waals surface area contributed by atoms with Gasteiger partial charge in [-0.1, -0.05) is 18.5 Å². The van der Waals surface area contributed by atoms with E-state index < -0.39 is 19.8 Å². The maximum absolute atomic E-state index is 12.7. The summed E-state index contributed by atoms with van der Waals surface area (Å²) < 4.78 is 60.5. The monoisotopic (exact) mass is 392 g/mol. The van der Waals surface area contributed by atoms with E-state index in [0.29, 0.717) is 17.7 Å². The van der Waals surface area contributed by atoms with Crippen LogP contribution in [0, 0.1) is 0 Å². The summed E-state index contributed by atoms with van der Waals surface area (Å²) in [4.78, 5) is 0. The van der Waals surface area contributed by atoms with Crippen LogP contribution >= 0.6 is 19.6 Å². The van der Waals surface area contributed by atoms with Crippen LogP contribution in [0.4, 0.5) is 18.9 Å². The van der Waals surface area contributed by atoms with Crippen LogP contribution in [-0.4, -0.2) is 7.11 Å².